The molecule has 0 aliphatic heterocycles. The molecule has 3 N–H and O–H groups in total. The Morgan fingerprint density at radius 2 is 1.86 bits per heavy atom. The second-order valence-corrected chi connectivity index (χ2v) is 6.16. The number of nitrogens with one attached hydrogen (secondary N) is 1. The van der Waals surface area contributed by atoms with Gasteiger partial charge in [-0.2, -0.15) is 0 Å². The van der Waals surface area contributed by atoms with Crippen molar-refractivity contribution >= 4 is 38.3 Å². The standard InChI is InChI=1S/C17H15BrN2O/c1-9-5-10(2)15(19)7-12(9)17(21)14-8-20-16-4-3-11(18)6-13(14)16/h3-8,20H,19H2,1-2H3. The molecule has 21 heavy (non-hydrogen) atoms. The molecular weight excluding hydrogens is 328 g/mol. The molecule has 0 spiro atoms. The molecule has 1 aromatic heterocycles. The lowest BCUT2D eigenvalue weighted by atomic mass is 9.96. The van der Waals surface area contributed by atoms with E-state index in [1.54, 1.807) is 12.3 Å². The van der Waals surface area contributed by atoms with Crippen LogP contribution in [-0.4, -0.2) is 10.8 Å². The number of benzene rings is 2. The Morgan fingerprint density at radius 1 is 1.10 bits per heavy atom. The van der Waals surface area contributed by atoms with Gasteiger partial charge >= 0.3 is 0 Å². The van der Waals surface area contributed by atoms with Crippen LogP contribution in [0.1, 0.15) is 27.0 Å². The summed E-state index contributed by atoms with van der Waals surface area (Å²) in [6, 6.07) is 9.57. The van der Waals surface area contributed by atoms with Gasteiger partial charge in [0.1, 0.15) is 0 Å². The predicted octanol–water partition coefficient (Wildman–Crippen LogP) is 4.36. The van der Waals surface area contributed by atoms with Gasteiger partial charge in [0.2, 0.25) is 0 Å². The second-order valence-electron chi connectivity index (χ2n) is 5.25. The lowest BCUT2D eigenvalue weighted by molar-refractivity contribution is 0.104. The Balaban J connectivity index is 2.17. The third-order valence-corrected chi connectivity index (χ3v) is 4.24. The summed E-state index contributed by atoms with van der Waals surface area (Å²) < 4.78 is 0.948. The Kier molecular flexibility index (Phi) is 3.33. The molecule has 3 rings (SSSR count). The molecule has 0 atom stereocenters. The smallest absolute Gasteiger partial charge is 0.195 e. The third-order valence-electron chi connectivity index (χ3n) is 3.75. The van der Waals surface area contributed by atoms with E-state index in [0.29, 0.717) is 16.8 Å². The Morgan fingerprint density at radius 3 is 2.62 bits per heavy atom. The number of ketones is 1. The number of aryl methyl sites for hydroxylation is 2. The van der Waals surface area contributed by atoms with Crippen LogP contribution in [0.15, 0.2) is 41.0 Å². The van der Waals surface area contributed by atoms with E-state index in [9.17, 15) is 4.79 Å². The molecule has 1 heterocycles. The van der Waals surface area contributed by atoms with Crippen LogP contribution >= 0.6 is 15.9 Å². The van der Waals surface area contributed by atoms with Gasteiger partial charge in [-0.1, -0.05) is 22.0 Å². The molecule has 3 nitrogen and oxygen atoms in total. The molecule has 3 aromatic rings. The molecule has 0 radical (unpaired) electrons. The van der Waals surface area contributed by atoms with Gasteiger partial charge in [0.25, 0.3) is 0 Å². The zero-order valence-electron chi connectivity index (χ0n) is 11.8. The number of hydrogen-bond acceptors (Lipinski definition) is 2. The number of aromatic amines is 1. The summed E-state index contributed by atoms with van der Waals surface area (Å²) in [7, 11) is 0. The van der Waals surface area contributed by atoms with E-state index in [2.05, 4.69) is 20.9 Å². The van der Waals surface area contributed by atoms with Crippen molar-refractivity contribution in [2.45, 2.75) is 13.8 Å². The van der Waals surface area contributed by atoms with Crippen molar-refractivity contribution in [2.75, 3.05) is 5.73 Å². The van der Waals surface area contributed by atoms with Crippen LogP contribution in [0.3, 0.4) is 0 Å². The maximum Gasteiger partial charge on any atom is 0.195 e. The van der Waals surface area contributed by atoms with Crippen molar-refractivity contribution in [3.8, 4) is 0 Å². The number of anilines is 1. The number of halogens is 1. The van der Waals surface area contributed by atoms with Gasteiger partial charge in [0.15, 0.2) is 5.78 Å². The Bertz CT molecular complexity index is 865. The number of H-pyrrole nitrogens is 1. The van der Waals surface area contributed by atoms with E-state index in [-0.39, 0.29) is 5.78 Å². The molecule has 0 bridgehead atoms. The first-order valence-corrected chi connectivity index (χ1v) is 7.44. The average molecular weight is 343 g/mol. The number of hydrogen-bond donors (Lipinski definition) is 2. The normalized spacial score (nSPS) is 11.0. The van der Waals surface area contributed by atoms with Gasteiger partial charge < -0.3 is 10.7 Å². The van der Waals surface area contributed by atoms with Gasteiger partial charge in [-0.05, 0) is 49.2 Å². The highest BCUT2D eigenvalue weighted by molar-refractivity contribution is 9.10. The van der Waals surface area contributed by atoms with Gasteiger partial charge in [0, 0.05) is 38.4 Å². The maximum absolute atomic E-state index is 12.8. The number of fused-ring (bicyclic) bond motifs is 1. The number of aromatic nitrogens is 1. The molecule has 106 valence electrons. The molecule has 0 aliphatic carbocycles. The maximum atomic E-state index is 12.8. The summed E-state index contributed by atoms with van der Waals surface area (Å²) in [6.07, 6.45) is 1.76. The monoisotopic (exact) mass is 342 g/mol. The summed E-state index contributed by atoms with van der Waals surface area (Å²) >= 11 is 3.45. The van der Waals surface area contributed by atoms with Crippen LogP contribution in [-0.2, 0) is 0 Å². The van der Waals surface area contributed by atoms with Crippen LogP contribution in [0.25, 0.3) is 10.9 Å². The zero-order valence-corrected chi connectivity index (χ0v) is 13.4. The van der Waals surface area contributed by atoms with E-state index in [0.717, 1.165) is 26.5 Å². The lowest BCUT2D eigenvalue weighted by Crippen LogP contribution is -2.05. The molecule has 0 amide bonds. The van der Waals surface area contributed by atoms with Crippen LogP contribution < -0.4 is 5.73 Å². The Labute approximate surface area is 131 Å². The van der Waals surface area contributed by atoms with Crippen molar-refractivity contribution in [2.24, 2.45) is 0 Å². The van der Waals surface area contributed by atoms with Crippen LogP contribution in [0.2, 0.25) is 0 Å². The number of carbonyl (C=O) groups excluding carboxylic acids is 1. The third kappa shape index (κ3) is 2.36. The molecule has 0 saturated carbocycles. The van der Waals surface area contributed by atoms with Gasteiger partial charge in [-0.15, -0.1) is 0 Å². The first-order chi connectivity index (χ1) is 9.97. The van der Waals surface area contributed by atoms with Gasteiger partial charge in [0.05, 0.1) is 0 Å². The predicted molar refractivity (Wildman–Crippen MR) is 89.8 cm³/mol. The molecular formula is C17H15BrN2O. The Hall–Kier alpha value is -2.07. The van der Waals surface area contributed by atoms with Gasteiger partial charge in [-0.25, -0.2) is 0 Å². The highest BCUT2D eigenvalue weighted by Gasteiger charge is 2.17. The number of carbonyl (C=O) groups is 1. The van der Waals surface area contributed by atoms with Crippen molar-refractivity contribution in [1.82, 2.24) is 4.98 Å². The zero-order chi connectivity index (χ0) is 15.1. The summed E-state index contributed by atoms with van der Waals surface area (Å²) in [6.45, 7) is 3.88. The fraction of sp³-hybridized carbons (Fsp3) is 0.118. The molecule has 4 heteroatoms. The molecule has 2 aromatic carbocycles. The molecule has 0 saturated heterocycles. The van der Waals surface area contributed by atoms with E-state index in [1.165, 1.54) is 0 Å². The van der Waals surface area contributed by atoms with Crippen LogP contribution in [0.5, 0.6) is 0 Å². The number of rotatable bonds is 2. The quantitative estimate of drug-likeness (QED) is 0.536. The largest absolute Gasteiger partial charge is 0.398 e. The minimum absolute atomic E-state index is 0.0106. The fourth-order valence-electron chi connectivity index (χ4n) is 2.54. The van der Waals surface area contributed by atoms with E-state index >= 15 is 0 Å². The van der Waals surface area contributed by atoms with E-state index in [1.807, 2.05) is 38.1 Å². The number of nitrogen functional groups attached to an aromatic ring is 1. The lowest BCUT2D eigenvalue weighted by Gasteiger charge is -2.08. The first kappa shape index (κ1) is 13.9. The van der Waals surface area contributed by atoms with Crippen LogP contribution in [0.4, 0.5) is 5.69 Å². The minimum Gasteiger partial charge on any atom is -0.398 e. The highest BCUT2D eigenvalue weighted by Crippen LogP contribution is 2.27. The summed E-state index contributed by atoms with van der Waals surface area (Å²) in [5.74, 6) is -0.0106. The highest BCUT2D eigenvalue weighted by atomic mass is 79.9. The molecule has 0 fully saturated rings. The molecule has 0 aliphatic rings. The van der Waals surface area contributed by atoms with Crippen LogP contribution in [0, 0.1) is 13.8 Å². The summed E-state index contributed by atoms with van der Waals surface area (Å²) in [5.41, 5.74) is 10.8. The average Bonchev–Trinajstić information content (AvgIpc) is 2.85. The second kappa shape index (κ2) is 5.04. The van der Waals surface area contributed by atoms with E-state index in [4.69, 9.17) is 5.73 Å². The van der Waals surface area contributed by atoms with Crippen molar-refractivity contribution in [3.05, 3.63) is 63.3 Å². The van der Waals surface area contributed by atoms with E-state index < -0.39 is 0 Å². The SMILES string of the molecule is Cc1cc(C)c(C(=O)c2c[nH]c3ccc(Br)cc23)cc1N. The van der Waals surface area contributed by atoms with Crippen molar-refractivity contribution in [3.63, 3.8) is 0 Å². The summed E-state index contributed by atoms with van der Waals surface area (Å²) in [4.78, 5) is 16.0. The number of nitrogens with two attached hydrogens (primary N) is 1. The van der Waals surface area contributed by atoms with Gasteiger partial charge in [-0.3, -0.25) is 4.79 Å². The minimum atomic E-state index is -0.0106. The first-order valence-electron chi connectivity index (χ1n) is 6.65. The summed E-state index contributed by atoms with van der Waals surface area (Å²) in [5, 5.41) is 0.910. The molecule has 0 unspecified atom stereocenters. The van der Waals surface area contributed by atoms with Crippen molar-refractivity contribution in [1.29, 1.82) is 0 Å². The van der Waals surface area contributed by atoms with Crippen molar-refractivity contribution < 1.29 is 4.79 Å². The topological polar surface area (TPSA) is 58.9 Å². The fourth-order valence-corrected chi connectivity index (χ4v) is 2.90.